The summed E-state index contributed by atoms with van der Waals surface area (Å²) in [5.41, 5.74) is 0. The molecule has 0 radical (unpaired) electrons. The summed E-state index contributed by atoms with van der Waals surface area (Å²) >= 11 is 0. The summed E-state index contributed by atoms with van der Waals surface area (Å²) in [7, 11) is 0. The number of rotatable bonds is 6. The topological polar surface area (TPSA) is 24.5 Å². The first-order valence-electron chi connectivity index (χ1n) is 9.33. The van der Waals surface area contributed by atoms with E-state index in [4.69, 9.17) is 4.74 Å². The van der Waals surface area contributed by atoms with E-state index in [1.165, 1.54) is 58.0 Å². The Bertz CT molecular complexity index is 310. The van der Waals surface area contributed by atoms with Crippen LogP contribution < -0.4 is 5.32 Å². The lowest BCUT2D eigenvalue weighted by Crippen LogP contribution is -2.60. The summed E-state index contributed by atoms with van der Waals surface area (Å²) in [4.78, 5) is 2.78. The molecule has 3 aliphatic rings. The van der Waals surface area contributed by atoms with Gasteiger partial charge in [0, 0.05) is 31.7 Å². The zero-order valence-corrected chi connectivity index (χ0v) is 14.0. The molecule has 1 aliphatic heterocycles. The number of ether oxygens (including phenoxy) is 1. The predicted molar refractivity (Wildman–Crippen MR) is 87.5 cm³/mol. The minimum absolute atomic E-state index is 0.361. The standard InChI is InChI=1S/C18H34N2O/c1-14(2)21-11-10-20-13-17(15-8-9-15)19-12-18(20)16-6-4-3-5-7-16/h14-19H,3-13H2,1-2H3. The zero-order valence-electron chi connectivity index (χ0n) is 14.0. The molecule has 1 saturated heterocycles. The summed E-state index contributed by atoms with van der Waals surface area (Å²) in [6.07, 6.45) is 10.5. The Morgan fingerprint density at radius 1 is 1.05 bits per heavy atom. The van der Waals surface area contributed by atoms with Gasteiger partial charge in [-0.15, -0.1) is 0 Å². The van der Waals surface area contributed by atoms with E-state index >= 15 is 0 Å². The molecule has 0 amide bonds. The Morgan fingerprint density at radius 3 is 2.48 bits per heavy atom. The van der Waals surface area contributed by atoms with Crippen LogP contribution in [0, 0.1) is 11.8 Å². The van der Waals surface area contributed by atoms with Crippen LogP contribution >= 0.6 is 0 Å². The van der Waals surface area contributed by atoms with Gasteiger partial charge in [0.1, 0.15) is 0 Å². The average Bonchev–Trinajstić information content (AvgIpc) is 3.32. The van der Waals surface area contributed by atoms with E-state index in [1.54, 1.807) is 0 Å². The SMILES string of the molecule is CC(C)OCCN1CC(C2CC2)NCC1C1CCCCC1. The molecule has 3 nitrogen and oxygen atoms in total. The molecule has 0 spiro atoms. The summed E-state index contributed by atoms with van der Waals surface area (Å²) in [5.74, 6) is 1.89. The molecular formula is C18H34N2O. The minimum Gasteiger partial charge on any atom is -0.377 e. The van der Waals surface area contributed by atoms with Gasteiger partial charge in [-0.25, -0.2) is 0 Å². The van der Waals surface area contributed by atoms with Crippen molar-refractivity contribution in [3.05, 3.63) is 0 Å². The highest BCUT2D eigenvalue weighted by molar-refractivity contribution is 4.96. The van der Waals surface area contributed by atoms with Crippen molar-refractivity contribution in [1.29, 1.82) is 0 Å². The molecule has 0 aromatic carbocycles. The van der Waals surface area contributed by atoms with Gasteiger partial charge in [-0.05, 0) is 51.4 Å². The average molecular weight is 294 g/mol. The summed E-state index contributed by atoms with van der Waals surface area (Å²) in [6, 6.07) is 1.51. The number of nitrogens with zero attached hydrogens (tertiary/aromatic N) is 1. The lowest BCUT2D eigenvalue weighted by molar-refractivity contribution is 0.0159. The Balaban J connectivity index is 1.55. The normalized spacial score (nSPS) is 32.7. The Hall–Kier alpha value is -0.120. The summed E-state index contributed by atoms with van der Waals surface area (Å²) < 4.78 is 5.83. The molecule has 1 N–H and O–H groups in total. The van der Waals surface area contributed by atoms with Gasteiger partial charge in [-0.2, -0.15) is 0 Å². The highest BCUT2D eigenvalue weighted by atomic mass is 16.5. The first kappa shape index (κ1) is 15.8. The maximum absolute atomic E-state index is 5.83. The van der Waals surface area contributed by atoms with Crippen LogP contribution in [-0.4, -0.2) is 49.3 Å². The number of hydrogen-bond donors (Lipinski definition) is 1. The van der Waals surface area contributed by atoms with Crippen molar-refractivity contribution in [2.24, 2.45) is 11.8 Å². The van der Waals surface area contributed by atoms with Gasteiger partial charge in [0.05, 0.1) is 12.7 Å². The molecule has 0 bridgehead atoms. The van der Waals surface area contributed by atoms with Crippen LogP contribution in [0.5, 0.6) is 0 Å². The van der Waals surface area contributed by atoms with Crippen LogP contribution in [0.1, 0.15) is 58.8 Å². The molecule has 3 fully saturated rings. The van der Waals surface area contributed by atoms with Crippen LogP contribution in [0.3, 0.4) is 0 Å². The smallest absolute Gasteiger partial charge is 0.0597 e. The lowest BCUT2D eigenvalue weighted by Gasteiger charge is -2.45. The first-order valence-corrected chi connectivity index (χ1v) is 9.33. The lowest BCUT2D eigenvalue weighted by atomic mass is 9.82. The fourth-order valence-corrected chi connectivity index (χ4v) is 4.31. The highest BCUT2D eigenvalue weighted by Gasteiger charge is 2.39. The molecule has 2 unspecified atom stereocenters. The van der Waals surface area contributed by atoms with Crippen molar-refractivity contribution in [3.8, 4) is 0 Å². The van der Waals surface area contributed by atoms with Gasteiger partial charge in [0.15, 0.2) is 0 Å². The van der Waals surface area contributed by atoms with E-state index in [0.717, 1.165) is 37.1 Å². The van der Waals surface area contributed by atoms with Gasteiger partial charge in [-0.1, -0.05) is 19.3 Å². The Kier molecular flexibility index (Phi) is 5.58. The Morgan fingerprint density at radius 2 is 1.81 bits per heavy atom. The molecular weight excluding hydrogens is 260 g/mol. The molecule has 0 aromatic rings. The van der Waals surface area contributed by atoms with Crippen LogP contribution in [0.25, 0.3) is 0 Å². The third-order valence-electron chi connectivity index (χ3n) is 5.70. The molecule has 122 valence electrons. The van der Waals surface area contributed by atoms with Crippen molar-refractivity contribution in [3.63, 3.8) is 0 Å². The molecule has 2 aliphatic carbocycles. The minimum atomic E-state index is 0.361. The van der Waals surface area contributed by atoms with E-state index in [9.17, 15) is 0 Å². The highest BCUT2D eigenvalue weighted by Crippen LogP contribution is 2.36. The van der Waals surface area contributed by atoms with Crippen molar-refractivity contribution >= 4 is 0 Å². The van der Waals surface area contributed by atoms with Crippen molar-refractivity contribution in [2.45, 2.75) is 77.0 Å². The van der Waals surface area contributed by atoms with Gasteiger partial charge in [0.2, 0.25) is 0 Å². The second-order valence-corrected chi connectivity index (χ2v) is 7.73. The van der Waals surface area contributed by atoms with E-state index < -0.39 is 0 Å². The maximum Gasteiger partial charge on any atom is 0.0597 e. The van der Waals surface area contributed by atoms with E-state index in [2.05, 4.69) is 24.1 Å². The summed E-state index contributed by atoms with van der Waals surface area (Å²) in [5, 5.41) is 3.88. The van der Waals surface area contributed by atoms with Gasteiger partial charge in [0.25, 0.3) is 0 Å². The predicted octanol–water partition coefficient (Wildman–Crippen LogP) is 3.04. The second-order valence-electron chi connectivity index (χ2n) is 7.73. The largest absolute Gasteiger partial charge is 0.377 e. The third-order valence-corrected chi connectivity index (χ3v) is 5.70. The van der Waals surface area contributed by atoms with E-state index in [0.29, 0.717) is 6.10 Å². The van der Waals surface area contributed by atoms with Gasteiger partial charge >= 0.3 is 0 Å². The number of piperazine rings is 1. The fourth-order valence-electron chi connectivity index (χ4n) is 4.31. The van der Waals surface area contributed by atoms with Crippen LogP contribution in [0.15, 0.2) is 0 Å². The quantitative estimate of drug-likeness (QED) is 0.815. The molecule has 0 aromatic heterocycles. The van der Waals surface area contributed by atoms with Crippen molar-refractivity contribution < 1.29 is 4.74 Å². The molecule has 2 saturated carbocycles. The van der Waals surface area contributed by atoms with E-state index in [1.807, 2.05) is 0 Å². The molecule has 2 atom stereocenters. The number of hydrogen-bond acceptors (Lipinski definition) is 3. The number of nitrogens with one attached hydrogen (secondary N) is 1. The van der Waals surface area contributed by atoms with Gasteiger partial charge in [-0.3, -0.25) is 4.90 Å². The third kappa shape index (κ3) is 4.43. The van der Waals surface area contributed by atoms with Crippen molar-refractivity contribution in [2.75, 3.05) is 26.2 Å². The first-order chi connectivity index (χ1) is 10.2. The van der Waals surface area contributed by atoms with E-state index in [-0.39, 0.29) is 0 Å². The Labute approximate surface area is 130 Å². The van der Waals surface area contributed by atoms with Crippen molar-refractivity contribution in [1.82, 2.24) is 10.2 Å². The molecule has 21 heavy (non-hydrogen) atoms. The van der Waals surface area contributed by atoms with Crippen LogP contribution in [-0.2, 0) is 4.74 Å². The summed E-state index contributed by atoms with van der Waals surface area (Å²) in [6.45, 7) is 8.79. The zero-order chi connectivity index (χ0) is 14.7. The van der Waals surface area contributed by atoms with Crippen LogP contribution in [0.2, 0.25) is 0 Å². The molecule has 3 heteroatoms. The van der Waals surface area contributed by atoms with Gasteiger partial charge < -0.3 is 10.1 Å². The maximum atomic E-state index is 5.83. The fraction of sp³-hybridized carbons (Fsp3) is 1.00. The second kappa shape index (κ2) is 7.43. The molecule has 1 heterocycles. The monoisotopic (exact) mass is 294 g/mol. The molecule has 3 rings (SSSR count). The van der Waals surface area contributed by atoms with Crippen LogP contribution in [0.4, 0.5) is 0 Å².